The molecule has 0 aliphatic rings. The fourth-order valence-corrected chi connectivity index (χ4v) is 2.43. The minimum Gasteiger partial charge on any atom is -0.306 e. The molecule has 1 aromatic carbocycles. The van der Waals surface area contributed by atoms with Gasteiger partial charge in [-0.3, -0.25) is 0 Å². The molecule has 0 aliphatic heterocycles. The Labute approximate surface area is 121 Å². The van der Waals surface area contributed by atoms with Crippen LogP contribution in [0.2, 0.25) is 0 Å². The van der Waals surface area contributed by atoms with Crippen LogP contribution in [-0.4, -0.2) is 16.7 Å². The second kappa shape index (κ2) is 6.62. The summed E-state index contributed by atoms with van der Waals surface area (Å²) in [5.41, 5.74) is 5.84. The summed E-state index contributed by atoms with van der Waals surface area (Å²) in [6, 6.07) is 11.0. The molecular formula is C17H23N3. The zero-order valence-corrected chi connectivity index (χ0v) is 12.8. The number of benzene rings is 1. The van der Waals surface area contributed by atoms with Gasteiger partial charge in [0.1, 0.15) is 0 Å². The highest BCUT2D eigenvalue weighted by molar-refractivity contribution is 5.36. The lowest BCUT2D eigenvalue weighted by Gasteiger charge is -2.21. The first kappa shape index (κ1) is 14.7. The van der Waals surface area contributed by atoms with Gasteiger partial charge in [0.2, 0.25) is 0 Å². The van der Waals surface area contributed by atoms with Gasteiger partial charge in [0, 0.05) is 0 Å². The van der Waals surface area contributed by atoms with Crippen molar-refractivity contribution in [1.29, 1.82) is 0 Å². The number of hydrogen-bond donors (Lipinski definition) is 1. The number of nitrogens with one attached hydrogen (secondary N) is 1. The molecule has 0 radical (unpaired) electrons. The molecule has 0 fully saturated rings. The lowest BCUT2D eigenvalue weighted by Crippen LogP contribution is -2.24. The minimum absolute atomic E-state index is 0.185. The van der Waals surface area contributed by atoms with Crippen LogP contribution in [0.15, 0.2) is 30.3 Å². The number of rotatable bonds is 5. The molecule has 2 rings (SSSR count). The van der Waals surface area contributed by atoms with Gasteiger partial charge >= 0.3 is 0 Å². The summed E-state index contributed by atoms with van der Waals surface area (Å²) < 4.78 is 0. The maximum Gasteiger partial charge on any atom is 0.0679 e. The smallest absolute Gasteiger partial charge is 0.0679 e. The van der Waals surface area contributed by atoms with Crippen molar-refractivity contribution in [2.75, 3.05) is 6.54 Å². The maximum atomic E-state index is 4.35. The first-order chi connectivity index (χ1) is 9.65. The summed E-state index contributed by atoms with van der Waals surface area (Å²) in [5.74, 6) is 0. The van der Waals surface area contributed by atoms with Gasteiger partial charge in [0.15, 0.2) is 0 Å². The van der Waals surface area contributed by atoms with Crippen LogP contribution in [0.25, 0.3) is 0 Å². The van der Waals surface area contributed by atoms with Crippen molar-refractivity contribution in [2.24, 2.45) is 0 Å². The van der Waals surface area contributed by atoms with Crippen LogP contribution < -0.4 is 5.32 Å². The van der Waals surface area contributed by atoms with Crippen LogP contribution in [0.5, 0.6) is 0 Å². The Balaban J connectivity index is 2.47. The largest absolute Gasteiger partial charge is 0.306 e. The van der Waals surface area contributed by atoms with E-state index < -0.39 is 0 Å². The summed E-state index contributed by atoms with van der Waals surface area (Å²) in [6.45, 7) is 9.29. The molecule has 3 nitrogen and oxygen atoms in total. The van der Waals surface area contributed by atoms with E-state index >= 15 is 0 Å². The van der Waals surface area contributed by atoms with Gasteiger partial charge in [0.25, 0.3) is 0 Å². The predicted molar refractivity (Wildman–Crippen MR) is 82.8 cm³/mol. The van der Waals surface area contributed by atoms with Crippen molar-refractivity contribution in [2.45, 2.75) is 40.2 Å². The third-order valence-corrected chi connectivity index (χ3v) is 3.49. The zero-order valence-electron chi connectivity index (χ0n) is 12.8. The summed E-state index contributed by atoms with van der Waals surface area (Å²) in [6.07, 6.45) is 0.899. The molecular weight excluding hydrogens is 246 g/mol. The van der Waals surface area contributed by atoms with Gasteiger partial charge in [-0.25, -0.2) is 0 Å². The molecule has 0 bridgehead atoms. The van der Waals surface area contributed by atoms with Gasteiger partial charge in [-0.1, -0.05) is 43.7 Å². The first-order valence-electron chi connectivity index (χ1n) is 7.28. The Morgan fingerprint density at radius 3 is 2.35 bits per heavy atom. The summed E-state index contributed by atoms with van der Waals surface area (Å²) in [5, 5.41) is 12.1. The van der Waals surface area contributed by atoms with Crippen molar-refractivity contribution >= 4 is 0 Å². The average molecular weight is 269 g/mol. The fourth-order valence-electron chi connectivity index (χ4n) is 2.43. The molecule has 0 aliphatic carbocycles. The Kier molecular flexibility index (Phi) is 4.85. The van der Waals surface area contributed by atoms with Crippen molar-refractivity contribution in [1.82, 2.24) is 15.5 Å². The molecule has 1 N–H and O–H groups in total. The van der Waals surface area contributed by atoms with E-state index in [2.05, 4.69) is 66.6 Å². The molecule has 0 amide bonds. The lowest BCUT2D eigenvalue weighted by molar-refractivity contribution is 0.616. The minimum atomic E-state index is 0.185. The topological polar surface area (TPSA) is 37.8 Å². The van der Waals surface area contributed by atoms with E-state index in [1.165, 1.54) is 16.7 Å². The van der Waals surface area contributed by atoms with E-state index in [0.29, 0.717) is 0 Å². The van der Waals surface area contributed by atoms with Crippen molar-refractivity contribution in [3.05, 3.63) is 58.4 Å². The van der Waals surface area contributed by atoms with Crippen molar-refractivity contribution in [3.63, 3.8) is 0 Å². The normalized spacial score (nSPS) is 12.4. The molecule has 1 heterocycles. The zero-order chi connectivity index (χ0) is 14.5. The third-order valence-electron chi connectivity index (χ3n) is 3.49. The van der Waals surface area contributed by atoms with E-state index in [0.717, 1.165) is 24.4 Å². The summed E-state index contributed by atoms with van der Waals surface area (Å²) in [7, 11) is 0. The number of aryl methyl sites for hydroxylation is 3. The molecule has 1 aromatic heterocycles. The predicted octanol–water partition coefficient (Wildman–Crippen LogP) is 3.35. The molecule has 0 saturated carbocycles. The van der Waals surface area contributed by atoms with E-state index in [1.54, 1.807) is 0 Å². The van der Waals surface area contributed by atoms with Crippen LogP contribution in [-0.2, 0) is 6.42 Å². The number of aromatic nitrogens is 2. The molecule has 106 valence electrons. The van der Waals surface area contributed by atoms with Gasteiger partial charge < -0.3 is 5.32 Å². The second-order valence-corrected chi connectivity index (χ2v) is 5.14. The van der Waals surface area contributed by atoms with Gasteiger partial charge in [0.05, 0.1) is 17.4 Å². The Bertz CT molecular complexity index is 561. The van der Waals surface area contributed by atoms with Crippen LogP contribution in [0.3, 0.4) is 0 Å². The Hall–Kier alpha value is -1.74. The van der Waals surface area contributed by atoms with E-state index in [-0.39, 0.29) is 6.04 Å². The van der Waals surface area contributed by atoms with E-state index in [4.69, 9.17) is 0 Å². The molecule has 0 saturated heterocycles. The molecule has 0 spiro atoms. The van der Waals surface area contributed by atoms with Crippen LogP contribution >= 0.6 is 0 Å². The highest BCUT2D eigenvalue weighted by Gasteiger charge is 2.17. The number of hydrogen-bond acceptors (Lipinski definition) is 3. The summed E-state index contributed by atoms with van der Waals surface area (Å²) in [4.78, 5) is 0. The quantitative estimate of drug-likeness (QED) is 0.904. The third kappa shape index (κ3) is 3.23. The molecule has 20 heavy (non-hydrogen) atoms. The first-order valence-corrected chi connectivity index (χ1v) is 7.28. The lowest BCUT2D eigenvalue weighted by atomic mass is 9.95. The summed E-state index contributed by atoms with van der Waals surface area (Å²) >= 11 is 0. The molecule has 3 heteroatoms. The van der Waals surface area contributed by atoms with Crippen LogP contribution in [0.1, 0.15) is 48.0 Å². The fraction of sp³-hybridized carbons (Fsp3) is 0.412. The van der Waals surface area contributed by atoms with Crippen molar-refractivity contribution < 1.29 is 0 Å². The van der Waals surface area contributed by atoms with Crippen LogP contribution in [0, 0.1) is 13.8 Å². The molecule has 1 unspecified atom stereocenters. The SMILES string of the molecule is CCNC(c1ccc(C)cc1)c1cc(C)nnc1CC. The van der Waals surface area contributed by atoms with Crippen LogP contribution in [0.4, 0.5) is 0 Å². The van der Waals surface area contributed by atoms with E-state index in [1.807, 2.05) is 6.92 Å². The Morgan fingerprint density at radius 1 is 1.05 bits per heavy atom. The maximum absolute atomic E-state index is 4.35. The molecule has 1 atom stereocenters. The average Bonchev–Trinajstić information content (AvgIpc) is 2.46. The molecule has 2 aromatic rings. The highest BCUT2D eigenvalue weighted by atomic mass is 15.1. The van der Waals surface area contributed by atoms with Gasteiger partial charge in [-0.2, -0.15) is 10.2 Å². The van der Waals surface area contributed by atoms with Gasteiger partial charge in [-0.05, 0) is 44.0 Å². The van der Waals surface area contributed by atoms with E-state index in [9.17, 15) is 0 Å². The standard InChI is InChI=1S/C17H23N3/c1-5-16-15(11-13(4)19-20-16)17(18-6-2)14-9-7-12(3)8-10-14/h7-11,17-18H,5-6H2,1-4H3. The highest BCUT2D eigenvalue weighted by Crippen LogP contribution is 2.25. The Morgan fingerprint density at radius 2 is 1.75 bits per heavy atom. The van der Waals surface area contributed by atoms with Gasteiger partial charge in [-0.15, -0.1) is 0 Å². The number of nitrogens with zero attached hydrogens (tertiary/aromatic N) is 2. The van der Waals surface area contributed by atoms with Crippen molar-refractivity contribution in [3.8, 4) is 0 Å². The monoisotopic (exact) mass is 269 g/mol. The second-order valence-electron chi connectivity index (χ2n) is 5.14.